The molecule has 0 unspecified atom stereocenters. The highest BCUT2D eigenvalue weighted by Gasteiger charge is 2.16. The molecule has 0 aliphatic carbocycles. The molecule has 0 aliphatic heterocycles. The lowest BCUT2D eigenvalue weighted by Crippen LogP contribution is -1.96. The molecule has 0 bridgehead atoms. The van der Waals surface area contributed by atoms with Crippen LogP contribution in [0.15, 0.2) is 186 Å². The molecule has 0 radical (unpaired) electrons. The van der Waals surface area contributed by atoms with E-state index in [0.29, 0.717) is 5.82 Å². The van der Waals surface area contributed by atoms with Gasteiger partial charge in [-0.1, -0.05) is 140 Å². The summed E-state index contributed by atoms with van der Waals surface area (Å²) in [6, 6.07) is 63.9. The minimum atomic E-state index is 0.694. The Labute approximate surface area is 295 Å². The van der Waals surface area contributed by atoms with Crippen LogP contribution in [0.1, 0.15) is 0 Å². The maximum absolute atomic E-state index is 6.52. The second-order valence-corrected chi connectivity index (χ2v) is 13.0. The van der Waals surface area contributed by atoms with Crippen LogP contribution in [0.2, 0.25) is 0 Å². The fourth-order valence-corrected chi connectivity index (χ4v) is 7.37. The van der Waals surface area contributed by atoms with Crippen molar-refractivity contribution in [2.24, 2.45) is 0 Å². The first-order chi connectivity index (χ1) is 25.2. The summed E-state index contributed by atoms with van der Waals surface area (Å²) in [4.78, 5) is 10.3. The van der Waals surface area contributed by atoms with Gasteiger partial charge in [0.25, 0.3) is 0 Å². The summed E-state index contributed by atoms with van der Waals surface area (Å²) in [5.41, 5.74) is 11.0. The van der Waals surface area contributed by atoms with E-state index in [1.54, 1.807) is 0 Å². The molecule has 3 nitrogen and oxygen atoms in total. The molecule has 0 saturated carbocycles. The summed E-state index contributed by atoms with van der Waals surface area (Å²) in [5.74, 6) is 0.694. The van der Waals surface area contributed by atoms with E-state index in [0.717, 1.165) is 66.7 Å². The van der Waals surface area contributed by atoms with E-state index in [2.05, 4.69) is 158 Å². The van der Waals surface area contributed by atoms with Crippen LogP contribution in [0.5, 0.6) is 0 Å². The fourth-order valence-electron chi connectivity index (χ4n) is 7.37. The van der Waals surface area contributed by atoms with E-state index in [1.165, 1.54) is 27.1 Å². The predicted molar refractivity (Wildman–Crippen MR) is 212 cm³/mol. The molecule has 10 aromatic rings. The number of nitrogens with zero attached hydrogens (tertiary/aromatic N) is 2. The average Bonchev–Trinajstić information content (AvgIpc) is 3.59. The molecule has 2 aromatic heterocycles. The third-order valence-corrected chi connectivity index (χ3v) is 9.85. The van der Waals surface area contributed by atoms with Crippen molar-refractivity contribution in [3.05, 3.63) is 182 Å². The van der Waals surface area contributed by atoms with Gasteiger partial charge in [0.15, 0.2) is 5.82 Å². The number of aromatic nitrogens is 2. The van der Waals surface area contributed by atoms with Crippen molar-refractivity contribution in [2.75, 3.05) is 0 Å². The number of benzene rings is 8. The number of fused-ring (bicyclic) bond motifs is 6. The van der Waals surface area contributed by atoms with Crippen LogP contribution in [0, 0.1) is 0 Å². The van der Waals surface area contributed by atoms with E-state index >= 15 is 0 Å². The normalized spacial score (nSPS) is 11.5. The highest BCUT2D eigenvalue weighted by Crippen LogP contribution is 2.40. The average molecular weight is 651 g/mol. The van der Waals surface area contributed by atoms with Gasteiger partial charge in [-0.05, 0) is 86.3 Å². The number of rotatable bonds is 5. The minimum absolute atomic E-state index is 0.694. The quantitative estimate of drug-likeness (QED) is 0.186. The predicted octanol–water partition coefficient (Wildman–Crippen LogP) is 13.0. The third kappa shape index (κ3) is 5.15. The van der Waals surface area contributed by atoms with Crippen LogP contribution in [-0.2, 0) is 0 Å². The smallest absolute Gasteiger partial charge is 0.160 e. The molecule has 0 aliphatic rings. The molecule has 0 saturated heterocycles. The van der Waals surface area contributed by atoms with E-state index in [9.17, 15) is 0 Å². The molecule has 3 heteroatoms. The fraction of sp³-hybridized carbons (Fsp3) is 0. The van der Waals surface area contributed by atoms with E-state index in [1.807, 2.05) is 24.3 Å². The Bertz CT molecular complexity index is 2850. The first-order valence-electron chi connectivity index (χ1n) is 17.2. The first kappa shape index (κ1) is 29.1. The van der Waals surface area contributed by atoms with Crippen molar-refractivity contribution in [1.29, 1.82) is 0 Å². The summed E-state index contributed by atoms with van der Waals surface area (Å²) in [5, 5.41) is 7.10. The van der Waals surface area contributed by atoms with Gasteiger partial charge in [0, 0.05) is 27.5 Å². The van der Waals surface area contributed by atoms with Gasteiger partial charge < -0.3 is 4.42 Å². The highest BCUT2D eigenvalue weighted by molar-refractivity contribution is 6.19. The standard InChI is InChI=1S/C48H30N2O/c1-3-14-33(15-4-1)43-30-44(50-48(49-43)34-16-5-2-6-17-34)38-27-36(26-37(28-38)40-21-11-18-31-12-7-9-19-39(31)40)35-22-24-42-46(29-35)51-45-25-23-32-13-8-10-20-41(32)47(42)45/h1-30H. The molecular weight excluding hydrogens is 621 g/mol. The largest absolute Gasteiger partial charge is 0.456 e. The zero-order valence-electron chi connectivity index (χ0n) is 27.6. The van der Waals surface area contributed by atoms with Gasteiger partial charge in [0.2, 0.25) is 0 Å². The van der Waals surface area contributed by atoms with E-state index < -0.39 is 0 Å². The molecule has 51 heavy (non-hydrogen) atoms. The maximum Gasteiger partial charge on any atom is 0.160 e. The van der Waals surface area contributed by atoms with Crippen LogP contribution in [0.4, 0.5) is 0 Å². The van der Waals surface area contributed by atoms with Crippen LogP contribution in [0.3, 0.4) is 0 Å². The van der Waals surface area contributed by atoms with Gasteiger partial charge in [-0.25, -0.2) is 9.97 Å². The highest BCUT2D eigenvalue weighted by atomic mass is 16.3. The van der Waals surface area contributed by atoms with Gasteiger partial charge in [-0.2, -0.15) is 0 Å². The lowest BCUT2D eigenvalue weighted by atomic mass is 9.92. The number of hydrogen-bond donors (Lipinski definition) is 0. The third-order valence-electron chi connectivity index (χ3n) is 9.85. The Morgan fingerprint density at radius 1 is 0.333 bits per heavy atom. The van der Waals surface area contributed by atoms with Gasteiger partial charge in [0.05, 0.1) is 11.4 Å². The van der Waals surface area contributed by atoms with Crippen molar-refractivity contribution in [1.82, 2.24) is 9.97 Å². The Balaban J connectivity index is 1.21. The van der Waals surface area contributed by atoms with Crippen molar-refractivity contribution >= 4 is 43.5 Å². The summed E-state index contributed by atoms with van der Waals surface area (Å²) < 4.78 is 6.52. The molecule has 0 atom stereocenters. The molecule has 0 N–H and O–H groups in total. The SMILES string of the molecule is c1ccc(-c2cc(-c3cc(-c4ccc5c(c4)oc4ccc6ccccc6c45)cc(-c4cccc5ccccc45)c3)nc(-c3ccccc3)n2)cc1. The maximum atomic E-state index is 6.52. The summed E-state index contributed by atoms with van der Waals surface area (Å²) in [6.07, 6.45) is 0. The van der Waals surface area contributed by atoms with Crippen molar-refractivity contribution < 1.29 is 4.42 Å². The van der Waals surface area contributed by atoms with Crippen molar-refractivity contribution in [3.63, 3.8) is 0 Å². The van der Waals surface area contributed by atoms with Gasteiger partial charge >= 0.3 is 0 Å². The molecule has 0 fully saturated rings. The summed E-state index contributed by atoms with van der Waals surface area (Å²) in [6.45, 7) is 0. The molecule has 238 valence electrons. The Morgan fingerprint density at radius 3 is 1.76 bits per heavy atom. The van der Waals surface area contributed by atoms with Crippen LogP contribution in [0.25, 0.3) is 99.6 Å². The summed E-state index contributed by atoms with van der Waals surface area (Å²) in [7, 11) is 0. The van der Waals surface area contributed by atoms with E-state index in [-0.39, 0.29) is 0 Å². The number of hydrogen-bond acceptors (Lipinski definition) is 3. The van der Waals surface area contributed by atoms with Crippen molar-refractivity contribution in [2.45, 2.75) is 0 Å². The zero-order chi connectivity index (χ0) is 33.7. The Morgan fingerprint density at radius 2 is 0.961 bits per heavy atom. The monoisotopic (exact) mass is 650 g/mol. The minimum Gasteiger partial charge on any atom is -0.456 e. The summed E-state index contributed by atoms with van der Waals surface area (Å²) >= 11 is 0. The second kappa shape index (κ2) is 11.9. The Hall–Kier alpha value is -6.84. The van der Waals surface area contributed by atoms with E-state index in [4.69, 9.17) is 14.4 Å². The van der Waals surface area contributed by atoms with Gasteiger partial charge in [-0.3, -0.25) is 0 Å². The topological polar surface area (TPSA) is 38.9 Å². The second-order valence-electron chi connectivity index (χ2n) is 13.0. The van der Waals surface area contributed by atoms with Gasteiger partial charge in [-0.15, -0.1) is 0 Å². The lowest BCUT2D eigenvalue weighted by molar-refractivity contribution is 0.669. The zero-order valence-corrected chi connectivity index (χ0v) is 27.6. The Kier molecular flexibility index (Phi) is 6.81. The first-order valence-corrected chi connectivity index (χ1v) is 17.2. The van der Waals surface area contributed by atoms with Crippen LogP contribution >= 0.6 is 0 Å². The van der Waals surface area contributed by atoms with Crippen molar-refractivity contribution in [3.8, 4) is 56.2 Å². The molecule has 10 rings (SSSR count). The molecule has 0 amide bonds. The molecule has 0 spiro atoms. The van der Waals surface area contributed by atoms with Crippen LogP contribution in [-0.4, -0.2) is 9.97 Å². The molecule has 2 heterocycles. The number of furan rings is 1. The lowest BCUT2D eigenvalue weighted by Gasteiger charge is -2.14. The molecular formula is C48H30N2O. The van der Waals surface area contributed by atoms with Gasteiger partial charge in [0.1, 0.15) is 11.2 Å². The molecule has 8 aromatic carbocycles. The van der Waals surface area contributed by atoms with Crippen LogP contribution < -0.4 is 0 Å².